The fourth-order valence-electron chi connectivity index (χ4n) is 2.91. The summed E-state index contributed by atoms with van der Waals surface area (Å²) in [5, 5.41) is 3.41. The number of hydrogen-bond donors (Lipinski definition) is 0. The number of amides is 1. The summed E-state index contributed by atoms with van der Waals surface area (Å²) in [6, 6.07) is 2.57. The molecule has 0 N–H and O–H groups in total. The van der Waals surface area contributed by atoms with Crippen molar-refractivity contribution in [3.8, 4) is 0 Å². The van der Waals surface area contributed by atoms with Gasteiger partial charge in [-0.15, -0.1) is 3.89 Å². The molecular weight excluding hydrogens is 389 g/mol. The van der Waals surface area contributed by atoms with Gasteiger partial charge in [0.25, 0.3) is 0 Å². The molecule has 1 aliphatic heterocycles. The Balaban J connectivity index is 2.14. The highest BCUT2D eigenvalue weighted by Gasteiger charge is 2.27. The summed E-state index contributed by atoms with van der Waals surface area (Å²) in [5.74, 6) is 0. The lowest BCUT2D eigenvalue weighted by Gasteiger charge is -2.35. The molecule has 0 spiro atoms. The number of piperazine rings is 1. The lowest BCUT2D eigenvalue weighted by atomic mass is 10.1. The maximum atomic E-state index is 13.6. The zero-order valence-corrected chi connectivity index (χ0v) is 17.2. The maximum absolute atomic E-state index is 13.6. The van der Waals surface area contributed by atoms with E-state index in [0.717, 1.165) is 6.07 Å². The van der Waals surface area contributed by atoms with E-state index in [9.17, 15) is 17.1 Å². The SMILES string of the molecule is Cc1c(CN2CCN(C(=O)OC(C)(C)C)CC2)cc(N=[N+]=[N-])cc1S(=O)(=O)F. The summed E-state index contributed by atoms with van der Waals surface area (Å²) in [6.07, 6.45) is -0.375. The zero-order chi connectivity index (χ0) is 21.1. The van der Waals surface area contributed by atoms with E-state index in [1.54, 1.807) is 31.7 Å². The van der Waals surface area contributed by atoms with Crippen LogP contribution in [-0.2, 0) is 21.5 Å². The highest BCUT2D eigenvalue weighted by atomic mass is 32.3. The Bertz CT molecular complexity index is 899. The van der Waals surface area contributed by atoms with E-state index in [0.29, 0.717) is 38.3 Å². The molecule has 28 heavy (non-hydrogen) atoms. The molecule has 0 unspecified atom stereocenters. The van der Waals surface area contributed by atoms with Gasteiger partial charge in [-0.2, -0.15) is 8.42 Å². The van der Waals surface area contributed by atoms with Crippen LogP contribution in [-0.4, -0.2) is 56.1 Å². The second-order valence-electron chi connectivity index (χ2n) is 7.60. The monoisotopic (exact) mass is 413 g/mol. The molecular formula is C17H24FN5O4S. The van der Waals surface area contributed by atoms with Crippen molar-refractivity contribution in [3.05, 3.63) is 33.7 Å². The van der Waals surface area contributed by atoms with E-state index in [1.807, 2.05) is 4.90 Å². The van der Waals surface area contributed by atoms with Gasteiger partial charge in [0.2, 0.25) is 0 Å². The first kappa shape index (κ1) is 21.9. The second kappa shape index (κ2) is 8.34. The molecule has 0 atom stereocenters. The van der Waals surface area contributed by atoms with Crippen molar-refractivity contribution < 1.29 is 21.8 Å². The Morgan fingerprint density at radius 1 is 1.29 bits per heavy atom. The summed E-state index contributed by atoms with van der Waals surface area (Å²) in [7, 11) is -4.95. The van der Waals surface area contributed by atoms with Crippen molar-refractivity contribution in [3.63, 3.8) is 0 Å². The predicted octanol–water partition coefficient (Wildman–Crippen LogP) is 3.65. The Kier molecular flexibility index (Phi) is 6.53. The highest BCUT2D eigenvalue weighted by Crippen LogP contribution is 2.29. The molecule has 9 nitrogen and oxygen atoms in total. The average molecular weight is 413 g/mol. The minimum absolute atomic E-state index is 0.0340. The summed E-state index contributed by atoms with van der Waals surface area (Å²) in [4.78, 5) is 17.9. The van der Waals surface area contributed by atoms with Crippen molar-refractivity contribution in [2.75, 3.05) is 26.2 Å². The first-order valence-electron chi connectivity index (χ1n) is 8.74. The van der Waals surface area contributed by atoms with E-state index >= 15 is 0 Å². The number of nitrogens with zero attached hydrogens (tertiary/aromatic N) is 5. The Morgan fingerprint density at radius 3 is 2.39 bits per heavy atom. The van der Waals surface area contributed by atoms with Crippen molar-refractivity contribution in [1.29, 1.82) is 0 Å². The quantitative estimate of drug-likeness (QED) is 0.323. The van der Waals surface area contributed by atoms with Gasteiger partial charge in [0.15, 0.2) is 0 Å². The van der Waals surface area contributed by atoms with E-state index < -0.39 is 20.7 Å². The number of hydrogen-bond acceptors (Lipinski definition) is 6. The van der Waals surface area contributed by atoms with Gasteiger partial charge in [-0.25, -0.2) is 4.79 Å². The smallest absolute Gasteiger partial charge is 0.410 e. The van der Waals surface area contributed by atoms with Crippen molar-refractivity contribution in [1.82, 2.24) is 9.80 Å². The van der Waals surface area contributed by atoms with E-state index in [1.165, 1.54) is 6.92 Å². The molecule has 1 aromatic carbocycles. The molecule has 0 aliphatic carbocycles. The first-order chi connectivity index (χ1) is 12.9. The zero-order valence-electron chi connectivity index (χ0n) is 16.3. The fraction of sp³-hybridized carbons (Fsp3) is 0.588. The minimum Gasteiger partial charge on any atom is -0.444 e. The van der Waals surface area contributed by atoms with Gasteiger partial charge in [0, 0.05) is 43.3 Å². The molecule has 154 valence electrons. The van der Waals surface area contributed by atoms with Crippen LogP contribution < -0.4 is 0 Å². The van der Waals surface area contributed by atoms with Gasteiger partial charge in [0.05, 0.1) is 0 Å². The second-order valence-corrected chi connectivity index (χ2v) is 8.91. The Hall–Kier alpha value is -2.36. The lowest BCUT2D eigenvalue weighted by Crippen LogP contribution is -2.49. The molecule has 2 rings (SSSR count). The van der Waals surface area contributed by atoms with Gasteiger partial charge < -0.3 is 9.64 Å². The minimum atomic E-state index is -4.95. The third-order valence-electron chi connectivity index (χ3n) is 4.29. The number of benzene rings is 1. The van der Waals surface area contributed by atoms with Crippen LogP contribution in [0.5, 0.6) is 0 Å². The molecule has 1 aromatic rings. The Labute approximate surface area is 163 Å². The van der Waals surface area contributed by atoms with Crippen LogP contribution in [0.1, 0.15) is 31.9 Å². The van der Waals surface area contributed by atoms with E-state index in [-0.39, 0.29) is 17.3 Å². The van der Waals surface area contributed by atoms with Gasteiger partial charge in [-0.05, 0) is 56.5 Å². The van der Waals surface area contributed by atoms with Gasteiger partial charge in [-0.3, -0.25) is 4.90 Å². The van der Waals surface area contributed by atoms with Crippen LogP contribution in [0.25, 0.3) is 10.4 Å². The van der Waals surface area contributed by atoms with Gasteiger partial charge in [0.1, 0.15) is 10.5 Å². The van der Waals surface area contributed by atoms with Crippen molar-refractivity contribution >= 4 is 22.0 Å². The predicted molar refractivity (Wildman–Crippen MR) is 101 cm³/mol. The number of halogens is 1. The van der Waals surface area contributed by atoms with Crippen LogP contribution >= 0.6 is 0 Å². The molecule has 1 heterocycles. The van der Waals surface area contributed by atoms with Crippen molar-refractivity contribution in [2.45, 2.75) is 44.7 Å². The molecule has 0 saturated carbocycles. The van der Waals surface area contributed by atoms with Crippen LogP contribution in [0.2, 0.25) is 0 Å². The fourth-order valence-corrected chi connectivity index (χ4v) is 3.67. The summed E-state index contributed by atoms with van der Waals surface area (Å²) < 4.78 is 41.8. The lowest BCUT2D eigenvalue weighted by molar-refractivity contribution is 0.0139. The number of ether oxygens (including phenoxy) is 1. The number of rotatable bonds is 4. The molecule has 1 aliphatic rings. The maximum Gasteiger partial charge on any atom is 0.410 e. The topological polar surface area (TPSA) is 116 Å². The molecule has 11 heteroatoms. The molecule has 0 bridgehead atoms. The van der Waals surface area contributed by atoms with Gasteiger partial charge >= 0.3 is 16.3 Å². The third-order valence-corrected chi connectivity index (χ3v) is 5.24. The number of azide groups is 1. The van der Waals surface area contributed by atoms with Crippen LogP contribution in [0, 0.1) is 6.92 Å². The molecule has 1 saturated heterocycles. The van der Waals surface area contributed by atoms with Gasteiger partial charge in [-0.1, -0.05) is 5.11 Å². The highest BCUT2D eigenvalue weighted by molar-refractivity contribution is 7.86. The number of carbonyl (C=O) groups excluding carboxylic acids is 1. The van der Waals surface area contributed by atoms with E-state index in [4.69, 9.17) is 10.3 Å². The largest absolute Gasteiger partial charge is 0.444 e. The number of carbonyl (C=O) groups is 1. The average Bonchev–Trinajstić information content (AvgIpc) is 2.56. The first-order valence-corrected chi connectivity index (χ1v) is 10.1. The van der Waals surface area contributed by atoms with Crippen molar-refractivity contribution in [2.24, 2.45) is 5.11 Å². The van der Waals surface area contributed by atoms with Crippen LogP contribution in [0.15, 0.2) is 22.1 Å². The summed E-state index contributed by atoms with van der Waals surface area (Å²) >= 11 is 0. The summed E-state index contributed by atoms with van der Waals surface area (Å²) in [5.41, 5.74) is 8.90. The third kappa shape index (κ3) is 5.82. The molecule has 0 radical (unpaired) electrons. The normalized spacial score (nSPS) is 15.8. The molecule has 1 amide bonds. The van der Waals surface area contributed by atoms with E-state index in [2.05, 4.69) is 10.0 Å². The molecule has 0 aromatic heterocycles. The molecule has 1 fully saturated rings. The van der Waals surface area contributed by atoms with Crippen LogP contribution in [0.3, 0.4) is 0 Å². The van der Waals surface area contributed by atoms with Crippen LogP contribution in [0.4, 0.5) is 14.4 Å². The standard InChI is InChI=1S/C17H24FN5O4S/c1-12-13(9-14(20-21-19)10-15(12)28(18,25)26)11-22-5-7-23(8-6-22)16(24)27-17(2,3)4/h9-10H,5-8,11H2,1-4H3. The Morgan fingerprint density at radius 2 is 1.89 bits per heavy atom. The summed E-state index contributed by atoms with van der Waals surface area (Å²) in [6.45, 7) is 9.26.